The van der Waals surface area contributed by atoms with E-state index in [4.69, 9.17) is 10.00 Å². The summed E-state index contributed by atoms with van der Waals surface area (Å²) in [6.45, 7) is 3.92. The van der Waals surface area contributed by atoms with Crippen molar-refractivity contribution in [1.82, 2.24) is 9.97 Å². The van der Waals surface area contributed by atoms with Gasteiger partial charge in [0, 0.05) is 17.1 Å². The highest BCUT2D eigenvalue weighted by Crippen LogP contribution is 2.24. The van der Waals surface area contributed by atoms with Crippen molar-refractivity contribution in [3.05, 3.63) is 46.8 Å². The molecule has 0 unspecified atom stereocenters. The molecular formula is C15H15N3OS. The molecule has 102 valence electrons. The zero-order valence-corrected chi connectivity index (χ0v) is 12.5. The van der Waals surface area contributed by atoms with Crippen molar-refractivity contribution < 1.29 is 4.74 Å². The topological polar surface area (TPSA) is 58.8 Å². The lowest BCUT2D eigenvalue weighted by Crippen LogP contribution is -1.94. The Hall–Kier alpha value is -2.06. The van der Waals surface area contributed by atoms with E-state index in [2.05, 4.69) is 16.0 Å². The Morgan fingerprint density at radius 1 is 1.20 bits per heavy atom. The highest BCUT2D eigenvalue weighted by Gasteiger charge is 2.06. The lowest BCUT2D eigenvalue weighted by molar-refractivity contribution is 0.413. The monoisotopic (exact) mass is 285 g/mol. The van der Waals surface area contributed by atoms with E-state index in [0.29, 0.717) is 11.3 Å². The van der Waals surface area contributed by atoms with Crippen LogP contribution in [0, 0.1) is 25.2 Å². The molecule has 0 aliphatic rings. The molecule has 2 aromatic rings. The summed E-state index contributed by atoms with van der Waals surface area (Å²) in [5.41, 5.74) is 3.56. The quantitative estimate of drug-likeness (QED) is 0.637. The Balaban J connectivity index is 2.13. The first-order valence-corrected chi connectivity index (χ1v) is 7.13. The van der Waals surface area contributed by atoms with E-state index in [1.807, 2.05) is 32.0 Å². The van der Waals surface area contributed by atoms with Crippen molar-refractivity contribution in [2.24, 2.45) is 0 Å². The summed E-state index contributed by atoms with van der Waals surface area (Å²) in [5.74, 6) is 1.34. The molecule has 0 fully saturated rings. The van der Waals surface area contributed by atoms with Gasteiger partial charge in [0.25, 0.3) is 0 Å². The maximum atomic E-state index is 8.95. The first kappa shape index (κ1) is 14.4. The smallest absolute Gasteiger partial charge is 0.188 e. The molecule has 5 heteroatoms. The normalized spacial score (nSPS) is 10.1. The van der Waals surface area contributed by atoms with E-state index >= 15 is 0 Å². The van der Waals surface area contributed by atoms with Gasteiger partial charge in [0.15, 0.2) is 5.16 Å². The van der Waals surface area contributed by atoms with Gasteiger partial charge in [0.2, 0.25) is 0 Å². The maximum Gasteiger partial charge on any atom is 0.188 e. The van der Waals surface area contributed by atoms with E-state index in [1.165, 1.54) is 0 Å². The molecule has 0 saturated heterocycles. The molecule has 0 bridgehead atoms. The number of ether oxygens (including phenoxy) is 1. The minimum absolute atomic E-state index is 0.545. The van der Waals surface area contributed by atoms with E-state index in [0.717, 1.165) is 27.9 Å². The zero-order valence-electron chi connectivity index (χ0n) is 11.7. The zero-order chi connectivity index (χ0) is 14.5. The molecular weight excluding hydrogens is 270 g/mol. The summed E-state index contributed by atoms with van der Waals surface area (Å²) in [6.07, 6.45) is 0. The lowest BCUT2D eigenvalue weighted by atomic mass is 10.1. The fourth-order valence-electron chi connectivity index (χ4n) is 1.82. The average molecular weight is 285 g/mol. The Kier molecular flexibility index (Phi) is 4.59. The van der Waals surface area contributed by atoms with Gasteiger partial charge in [-0.05, 0) is 37.6 Å². The molecule has 0 aliphatic heterocycles. The molecule has 0 radical (unpaired) electrons. The number of nitrogens with zero attached hydrogens (tertiary/aromatic N) is 3. The Morgan fingerprint density at radius 3 is 2.50 bits per heavy atom. The number of benzene rings is 1. The summed E-state index contributed by atoms with van der Waals surface area (Å²) in [7, 11) is 1.57. The van der Waals surface area contributed by atoms with Crippen LogP contribution in [0.15, 0.2) is 29.4 Å². The molecule has 0 N–H and O–H groups in total. The van der Waals surface area contributed by atoms with Crippen LogP contribution in [0.3, 0.4) is 0 Å². The average Bonchev–Trinajstić information content (AvgIpc) is 2.43. The fraction of sp³-hybridized carbons (Fsp3) is 0.267. The molecule has 0 aliphatic carbocycles. The van der Waals surface area contributed by atoms with Crippen molar-refractivity contribution in [2.75, 3.05) is 7.11 Å². The molecule has 1 aromatic carbocycles. The predicted molar refractivity (Wildman–Crippen MR) is 78.8 cm³/mol. The largest absolute Gasteiger partial charge is 0.495 e. The van der Waals surface area contributed by atoms with Crippen LogP contribution in [-0.4, -0.2) is 17.1 Å². The highest BCUT2D eigenvalue weighted by molar-refractivity contribution is 7.98. The number of thioether (sulfide) groups is 1. The second kappa shape index (κ2) is 6.40. The van der Waals surface area contributed by atoms with Crippen molar-refractivity contribution in [3.8, 4) is 11.8 Å². The van der Waals surface area contributed by atoms with E-state index in [9.17, 15) is 0 Å². The Bertz CT molecular complexity index is 644. The van der Waals surface area contributed by atoms with Crippen LogP contribution >= 0.6 is 11.8 Å². The third-order valence-electron chi connectivity index (χ3n) is 2.72. The number of hydrogen-bond acceptors (Lipinski definition) is 5. The number of aryl methyl sites for hydroxylation is 2. The third kappa shape index (κ3) is 3.49. The fourth-order valence-corrected chi connectivity index (χ4v) is 2.72. The third-order valence-corrected chi connectivity index (χ3v) is 3.63. The Morgan fingerprint density at radius 2 is 1.90 bits per heavy atom. The standard InChI is InChI=1S/C15H15N3OS/c1-10-6-11(2)18-15(17-10)20-9-12-4-5-13(8-16)14(7-12)19-3/h4-7H,9H2,1-3H3. The van der Waals surface area contributed by atoms with E-state index in [1.54, 1.807) is 24.9 Å². The van der Waals surface area contributed by atoms with Crippen LogP contribution in [0.5, 0.6) is 5.75 Å². The summed E-state index contributed by atoms with van der Waals surface area (Å²) >= 11 is 1.57. The SMILES string of the molecule is COc1cc(CSc2nc(C)cc(C)n2)ccc1C#N. The van der Waals surface area contributed by atoms with Gasteiger partial charge in [0.1, 0.15) is 11.8 Å². The molecule has 4 nitrogen and oxygen atoms in total. The number of rotatable bonds is 4. The minimum atomic E-state index is 0.545. The van der Waals surface area contributed by atoms with Gasteiger partial charge in [-0.1, -0.05) is 17.8 Å². The van der Waals surface area contributed by atoms with Gasteiger partial charge < -0.3 is 4.74 Å². The molecule has 2 rings (SSSR count). The van der Waals surface area contributed by atoms with Gasteiger partial charge in [-0.2, -0.15) is 5.26 Å². The first-order valence-electron chi connectivity index (χ1n) is 6.14. The van der Waals surface area contributed by atoms with Gasteiger partial charge in [-0.15, -0.1) is 0 Å². The second-order valence-electron chi connectivity index (χ2n) is 4.37. The van der Waals surface area contributed by atoms with Crippen LogP contribution in [0.2, 0.25) is 0 Å². The molecule has 0 atom stereocenters. The second-order valence-corrected chi connectivity index (χ2v) is 5.31. The molecule has 0 saturated carbocycles. The number of aromatic nitrogens is 2. The number of hydrogen-bond donors (Lipinski definition) is 0. The van der Waals surface area contributed by atoms with Crippen LogP contribution in [0.25, 0.3) is 0 Å². The molecule has 1 heterocycles. The highest BCUT2D eigenvalue weighted by atomic mass is 32.2. The predicted octanol–water partition coefficient (Wildman–Crippen LogP) is 3.27. The lowest BCUT2D eigenvalue weighted by Gasteiger charge is -2.06. The molecule has 0 spiro atoms. The van der Waals surface area contributed by atoms with Crippen molar-refractivity contribution in [2.45, 2.75) is 24.8 Å². The summed E-state index contributed by atoms with van der Waals surface area (Å²) in [6, 6.07) is 9.64. The van der Waals surface area contributed by atoms with E-state index < -0.39 is 0 Å². The Labute approximate surface area is 122 Å². The van der Waals surface area contributed by atoms with Crippen LogP contribution in [-0.2, 0) is 5.75 Å². The van der Waals surface area contributed by atoms with Crippen molar-refractivity contribution >= 4 is 11.8 Å². The molecule has 20 heavy (non-hydrogen) atoms. The van der Waals surface area contributed by atoms with Crippen LogP contribution < -0.4 is 4.74 Å². The molecule has 1 aromatic heterocycles. The van der Waals surface area contributed by atoms with E-state index in [-0.39, 0.29) is 0 Å². The molecule has 0 amide bonds. The van der Waals surface area contributed by atoms with Crippen molar-refractivity contribution in [3.63, 3.8) is 0 Å². The van der Waals surface area contributed by atoms with Crippen LogP contribution in [0.1, 0.15) is 22.5 Å². The number of nitriles is 1. The first-order chi connectivity index (χ1) is 9.62. The number of methoxy groups -OCH3 is 1. The summed E-state index contributed by atoms with van der Waals surface area (Å²) in [4.78, 5) is 8.79. The van der Waals surface area contributed by atoms with Crippen molar-refractivity contribution in [1.29, 1.82) is 5.26 Å². The van der Waals surface area contributed by atoms with Crippen LogP contribution in [0.4, 0.5) is 0 Å². The van der Waals surface area contributed by atoms with Gasteiger partial charge in [-0.25, -0.2) is 9.97 Å². The van der Waals surface area contributed by atoms with Gasteiger partial charge in [-0.3, -0.25) is 0 Å². The maximum absolute atomic E-state index is 8.95. The minimum Gasteiger partial charge on any atom is -0.495 e. The van der Waals surface area contributed by atoms with Gasteiger partial charge >= 0.3 is 0 Å². The summed E-state index contributed by atoms with van der Waals surface area (Å²) in [5, 5.41) is 9.72. The van der Waals surface area contributed by atoms with Gasteiger partial charge in [0.05, 0.1) is 12.7 Å². The summed E-state index contributed by atoms with van der Waals surface area (Å²) < 4.78 is 5.20.